The van der Waals surface area contributed by atoms with Crippen molar-refractivity contribution in [2.75, 3.05) is 19.8 Å². The molecule has 0 aliphatic rings. The minimum atomic E-state index is 0.0247. The number of rotatable bonds is 14. The van der Waals surface area contributed by atoms with Crippen molar-refractivity contribution in [3.8, 4) is 0 Å². The first-order valence-corrected chi connectivity index (χ1v) is 14.2. The molecule has 0 amide bonds. The van der Waals surface area contributed by atoms with E-state index in [0.29, 0.717) is 25.9 Å². The van der Waals surface area contributed by atoms with Crippen molar-refractivity contribution in [2.24, 2.45) is 5.92 Å². The average molecular weight is 514 g/mol. The Bertz CT molecular complexity index is 1250. The van der Waals surface area contributed by atoms with E-state index in [-0.39, 0.29) is 9.75 Å². The minimum absolute atomic E-state index is 0.0247. The van der Waals surface area contributed by atoms with Crippen LogP contribution >= 0.6 is 22.7 Å². The van der Waals surface area contributed by atoms with Gasteiger partial charge in [-0.1, -0.05) is 80.0 Å². The summed E-state index contributed by atoms with van der Waals surface area (Å²) in [5.41, 5.74) is 1.88. The average Bonchev–Trinajstić information content (AvgIpc) is 3.36. The molecule has 0 aliphatic heterocycles. The van der Waals surface area contributed by atoms with Gasteiger partial charge in [0, 0.05) is 19.8 Å². The van der Waals surface area contributed by atoms with Crippen LogP contribution in [-0.4, -0.2) is 33.8 Å². The van der Waals surface area contributed by atoms with Crippen LogP contribution in [0.5, 0.6) is 0 Å². The molecule has 0 saturated heterocycles. The predicted octanol–water partition coefficient (Wildman–Crippen LogP) is 5.98. The molecule has 0 bridgehead atoms. The third-order valence-electron chi connectivity index (χ3n) is 6.49. The molecule has 2 heterocycles. The van der Waals surface area contributed by atoms with Crippen LogP contribution in [0.1, 0.15) is 46.0 Å². The van der Waals surface area contributed by atoms with E-state index in [0.717, 1.165) is 46.4 Å². The fourth-order valence-electron chi connectivity index (χ4n) is 4.42. The Morgan fingerprint density at radius 2 is 1.43 bits per heavy atom. The third-order valence-corrected chi connectivity index (χ3v) is 8.41. The zero-order valence-corrected chi connectivity index (χ0v) is 22.3. The molecule has 8 heteroatoms. The van der Waals surface area contributed by atoms with E-state index in [4.69, 9.17) is 4.74 Å². The van der Waals surface area contributed by atoms with Crippen LogP contribution in [0.15, 0.2) is 58.1 Å². The first-order chi connectivity index (χ1) is 17.1. The molecule has 0 aliphatic carbocycles. The molecule has 0 N–H and O–H groups in total. The summed E-state index contributed by atoms with van der Waals surface area (Å²) in [6, 6.07) is 15.8. The number of hydrogen-bond acceptors (Lipinski definition) is 6. The molecule has 188 valence electrons. The van der Waals surface area contributed by atoms with Gasteiger partial charge in [-0.3, -0.25) is 23.6 Å². The quantitative estimate of drug-likeness (QED) is 0.195. The summed E-state index contributed by atoms with van der Waals surface area (Å²) in [5, 5.41) is 0. The van der Waals surface area contributed by atoms with Crippen LogP contribution in [0.2, 0.25) is 0 Å². The summed E-state index contributed by atoms with van der Waals surface area (Å²) in [6.07, 6.45) is 5.69. The Labute approximate surface area is 214 Å². The van der Waals surface area contributed by atoms with Crippen LogP contribution in [-0.2, 0) is 18.1 Å². The minimum Gasteiger partial charge on any atom is -0.381 e. The van der Waals surface area contributed by atoms with Crippen molar-refractivity contribution in [3.63, 3.8) is 0 Å². The largest absolute Gasteiger partial charge is 0.381 e. The van der Waals surface area contributed by atoms with E-state index in [9.17, 15) is 9.59 Å². The topological polar surface area (TPSA) is 56.5 Å². The van der Waals surface area contributed by atoms with Gasteiger partial charge >= 0.3 is 9.75 Å². The summed E-state index contributed by atoms with van der Waals surface area (Å²) in [6.45, 7) is 7.56. The Morgan fingerprint density at radius 1 is 0.857 bits per heavy atom. The molecule has 6 nitrogen and oxygen atoms in total. The Hall–Kier alpha value is -2.26. The number of benzene rings is 2. The number of hydrogen-bond donors (Lipinski definition) is 0. The van der Waals surface area contributed by atoms with Crippen LogP contribution in [0.4, 0.5) is 0 Å². The second-order valence-electron chi connectivity index (χ2n) is 9.05. The number of nitrogens with zero attached hydrogens (tertiary/aromatic N) is 3. The summed E-state index contributed by atoms with van der Waals surface area (Å²) < 4.78 is 11.6. The van der Waals surface area contributed by atoms with Crippen molar-refractivity contribution < 1.29 is 4.74 Å². The molecule has 35 heavy (non-hydrogen) atoms. The molecule has 0 unspecified atom stereocenters. The lowest BCUT2D eigenvalue weighted by Gasteiger charge is -2.24. The summed E-state index contributed by atoms with van der Waals surface area (Å²) in [4.78, 5) is 27.8. The first-order valence-electron chi connectivity index (χ1n) is 12.6. The first kappa shape index (κ1) is 25.8. The van der Waals surface area contributed by atoms with E-state index in [2.05, 4.69) is 18.7 Å². The summed E-state index contributed by atoms with van der Waals surface area (Å²) in [5.74, 6) is 0.623. The number of ether oxygens (including phenoxy) is 1. The number of fused-ring (bicyclic) bond motifs is 2. The van der Waals surface area contributed by atoms with E-state index in [1.807, 2.05) is 57.7 Å². The Kier molecular flexibility index (Phi) is 9.31. The lowest BCUT2D eigenvalue weighted by molar-refractivity contribution is 0.0776. The molecule has 0 fully saturated rings. The molecule has 2 aromatic carbocycles. The van der Waals surface area contributed by atoms with E-state index in [1.165, 1.54) is 41.9 Å². The van der Waals surface area contributed by atoms with Crippen LogP contribution in [0.25, 0.3) is 20.4 Å². The van der Waals surface area contributed by atoms with Crippen LogP contribution in [0, 0.1) is 5.92 Å². The van der Waals surface area contributed by atoms with Gasteiger partial charge in [0.15, 0.2) is 0 Å². The molecule has 0 saturated carbocycles. The number of thiazole rings is 2. The number of para-hydroxylation sites is 2. The van der Waals surface area contributed by atoms with Gasteiger partial charge in [-0.05, 0) is 43.0 Å². The molecule has 4 rings (SSSR count). The van der Waals surface area contributed by atoms with Gasteiger partial charge in [0.25, 0.3) is 0 Å². The third kappa shape index (κ3) is 6.50. The second-order valence-corrected chi connectivity index (χ2v) is 11.0. The van der Waals surface area contributed by atoms with E-state index >= 15 is 0 Å². The van der Waals surface area contributed by atoms with E-state index < -0.39 is 0 Å². The normalized spacial score (nSPS) is 12.8. The van der Waals surface area contributed by atoms with Gasteiger partial charge < -0.3 is 4.74 Å². The van der Waals surface area contributed by atoms with E-state index in [1.54, 1.807) is 0 Å². The highest BCUT2D eigenvalue weighted by atomic mass is 32.1. The standard InChI is InChI=1S/C27H35N3O3S2/c1-3-5-11-21(4-2)18-33-17-10-16-28(19-29-22-12-6-8-14-24(22)34-26(29)31)20-30-23-13-7-9-15-25(23)35-27(30)32/h6-9,12-15,21H,3-5,10-11,16-20H2,1-2H3/t21-/m1/s1. The van der Waals surface area contributed by atoms with Crippen molar-refractivity contribution in [2.45, 2.75) is 59.3 Å². The van der Waals surface area contributed by atoms with Gasteiger partial charge in [-0.25, -0.2) is 0 Å². The van der Waals surface area contributed by atoms with Crippen molar-refractivity contribution in [1.29, 1.82) is 0 Å². The maximum absolute atomic E-state index is 12.8. The molecule has 0 radical (unpaired) electrons. The molecule has 2 aromatic heterocycles. The molecular weight excluding hydrogens is 478 g/mol. The fraction of sp³-hybridized carbons (Fsp3) is 0.481. The van der Waals surface area contributed by atoms with Gasteiger partial charge in [0.2, 0.25) is 0 Å². The highest BCUT2D eigenvalue weighted by Gasteiger charge is 2.15. The second kappa shape index (κ2) is 12.6. The van der Waals surface area contributed by atoms with Gasteiger partial charge in [0.1, 0.15) is 0 Å². The van der Waals surface area contributed by atoms with Crippen molar-refractivity contribution in [1.82, 2.24) is 14.0 Å². The van der Waals surface area contributed by atoms with Crippen LogP contribution in [0.3, 0.4) is 0 Å². The lowest BCUT2D eigenvalue weighted by Crippen LogP contribution is -2.35. The summed E-state index contributed by atoms with van der Waals surface area (Å²) in [7, 11) is 0. The molecular formula is C27H35N3O3S2. The van der Waals surface area contributed by atoms with Crippen LogP contribution < -0.4 is 9.75 Å². The van der Waals surface area contributed by atoms with Gasteiger partial charge in [-0.2, -0.15) is 0 Å². The van der Waals surface area contributed by atoms with Crippen molar-refractivity contribution >= 4 is 43.1 Å². The Balaban J connectivity index is 1.47. The van der Waals surface area contributed by atoms with Gasteiger partial charge in [-0.15, -0.1) is 0 Å². The molecule has 0 spiro atoms. The lowest BCUT2D eigenvalue weighted by atomic mass is 10.0. The predicted molar refractivity (Wildman–Crippen MR) is 148 cm³/mol. The molecule has 1 atom stereocenters. The Morgan fingerprint density at radius 3 is 1.97 bits per heavy atom. The maximum atomic E-state index is 12.8. The zero-order chi connectivity index (χ0) is 24.6. The monoisotopic (exact) mass is 513 g/mol. The number of unbranched alkanes of at least 4 members (excludes halogenated alkanes) is 1. The summed E-state index contributed by atoms with van der Waals surface area (Å²) >= 11 is 2.54. The highest BCUT2D eigenvalue weighted by Crippen LogP contribution is 2.20. The van der Waals surface area contributed by atoms with Crippen molar-refractivity contribution in [3.05, 3.63) is 67.9 Å². The fourth-order valence-corrected chi connectivity index (χ4v) is 6.19. The SMILES string of the molecule is CCCC[C@@H](CC)COCCCN(Cn1c(=O)sc2ccccc21)Cn1c(=O)sc2ccccc21. The zero-order valence-electron chi connectivity index (χ0n) is 20.7. The molecule has 4 aromatic rings. The smallest absolute Gasteiger partial charge is 0.309 e. The number of aromatic nitrogens is 2. The maximum Gasteiger partial charge on any atom is 0.309 e. The highest BCUT2D eigenvalue weighted by molar-refractivity contribution is 7.16. The van der Waals surface area contributed by atoms with Gasteiger partial charge in [0.05, 0.1) is 33.8 Å².